The lowest BCUT2D eigenvalue weighted by atomic mass is 10.1. The zero-order chi connectivity index (χ0) is 19.0. The highest BCUT2D eigenvalue weighted by atomic mass is 19.1. The minimum Gasteiger partial charge on any atom is -0.463 e. The Labute approximate surface area is 153 Å². The van der Waals surface area contributed by atoms with Gasteiger partial charge in [-0.25, -0.2) is 9.37 Å². The van der Waals surface area contributed by atoms with E-state index in [-0.39, 0.29) is 23.6 Å². The average molecular weight is 367 g/mol. The minimum absolute atomic E-state index is 0.00819. The molecule has 1 aliphatic heterocycles. The van der Waals surface area contributed by atoms with E-state index in [4.69, 9.17) is 15.9 Å². The fourth-order valence-electron chi connectivity index (χ4n) is 3.19. The van der Waals surface area contributed by atoms with Crippen LogP contribution >= 0.6 is 0 Å². The lowest BCUT2D eigenvalue weighted by molar-refractivity contribution is -0.119. The molecule has 3 heterocycles. The number of carbonyl (C=O) groups excluding carboxylic acids is 1. The van der Waals surface area contributed by atoms with Gasteiger partial charge in [0.2, 0.25) is 5.95 Å². The molecule has 1 aliphatic rings. The van der Waals surface area contributed by atoms with Gasteiger partial charge in [0.1, 0.15) is 29.8 Å². The van der Waals surface area contributed by atoms with Crippen LogP contribution < -0.4 is 16.1 Å². The summed E-state index contributed by atoms with van der Waals surface area (Å²) in [6.07, 6.45) is 3.05. The number of carbonyl (C=O) groups is 1. The summed E-state index contributed by atoms with van der Waals surface area (Å²) in [5.41, 5.74) is 12.7. The van der Waals surface area contributed by atoms with Crippen LogP contribution in [0.4, 0.5) is 16.2 Å². The predicted molar refractivity (Wildman–Crippen MR) is 97.7 cm³/mol. The van der Waals surface area contributed by atoms with Gasteiger partial charge >= 0.3 is 0 Å². The van der Waals surface area contributed by atoms with Gasteiger partial charge in [0.15, 0.2) is 12.3 Å². The first kappa shape index (κ1) is 16.9. The van der Waals surface area contributed by atoms with E-state index in [9.17, 15) is 9.18 Å². The zero-order valence-electron chi connectivity index (χ0n) is 14.2. The molecule has 1 unspecified atom stereocenters. The van der Waals surface area contributed by atoms with E-state index in [1.165, 1.54) is 18.5 Å². The Kier molecular flexibility index (Phi) is 3.93. The summed E-state index contributed by atoms with van der Waals surface area (Å²) in [5.74, 6) is -0.164. The highest BCUT2D eigenvalue weighted by Crippen LogP contribution is 2.38. The number of primary amides is 1. The highest BCUT2D eigenvalue weighted by Gasteiger charge is 2.43. The topological polar surface area (TPSA) is 120 Å². The Hall–Kier alpha value is -3.59. The molecule has 9 heteroatoms. The highest BCUT2D eigenvalue weighted by molar-refractivity contribution is 5.97. The number of fused-ring (bicyclic) bond motifs is 1. The Morgan fingerprint density at radius 2 is 2.00 bits per heavy atom. The lowest BCUT2D eigenvalue weighted by Gasteiger charge is -2.27. The van der Waals surface area contributed by atoms with Gasteiger partial charge < -0.3 is 15.9 Å². The van der Waals surface area contributed by atoms with E-state index in [1.54, 1.807) is 30.3 Å². The summed E-state index contributed by atoms with van der Waals surface area (Å²) >= 11 is 0. The fraction of sp³-hybridized carbons (Fsp3) is 0.111. The molecule has 3 aromatic rings. The summed E-state index contributed by atoms with van der Waals surface area (Å²) in [7, 11) is 0. The lowest BCUT2D eigenvalue weighted by Crippen LogP contribution is -2.48. The van der Waals surface area contributed by atoms with E-state index in [2.05, 4.69) is 15.1 Å². The molecule has 1 amide bonds. The van der Waals surface area contributed by atoms with Crippen molar-refractivity contribution in [2.45, 2.75) is 6.54 Å². The van der Waals surface area contributed by atoms with Gasteiger partial charge in [-0.1, -0.05) is 23.3 Å². The second-order valence-electron chi connectivity index (χ2n) is 6.19. The molecule has 1 aromatic carbocycles. The number of quaternary nitrogens is 1. The van der Waals surface area contributed by atoms with Crippen molar-refractivity contribution < 1.29 is 13.6 Å². The largest absolute Gasteiger partial charge is 0.463 e. The SMILES string of the molecule is NC(=O)C[N+]1(Cc2ccccc2F)N=Cc2c(-c3ccco3)nc(N)nc21. The standard InChI is InChI=1S/C18H15FN6O2/c19-13-5-2-1-4-11(13)9-25(10-15(20)26)17-12(8-22-25)16(23-18(21)24-17)14-6-3-7-27-14/h1-8H,9-10H2,(H3-,20,21,22,23,24,26)/p+1. The molecule has 4 N–H and O–H groups in total. The Morgan fingerprint density at radius 1 is 1.19 bits per heavy atom. The number of nitrogen functional groups attached to an aromatic ring is 1. The molecule has 27 heavy (non-hydrogen) atoms. The molecule has 136 valence electrons. The van der Waals surface area contributed by atoms with Crippen LogP contribution in [0.25, 0.3) is 11.5 Å². The second-order valence-corrected chi connectivity index (χ2v) is 6.19. The van der Waals surface area contributed by atoms with Crippen molar-refractivity contribution >= 4 is 23.9 Å². The summed E-state index contributed by atoms with van der Waals surface area (Å²) in [6.45, 7) is -0.154. The number of halogens is 1. The zero-order valence-corrected chi connectivity index (χ0v) is 14.2. The van der Waals surface area contributed by atoms with Crippen LogP contribution in [0.1, 0.15) is 11.1 Å². The van der Waals surface area contributed by atoms with Crippen molar-refractivity contribution in [1.82, 2.24) is 14.6 Å². The average Bonchev–Trinajstić information content (AvgIpc) is 3.26. The number of anilines is 1. The fourth-order valence-corrected chi connectivity index (χ4v) is 3.19. The van der Waals surface area contributed by atoms with Crippen LogP contribution in [0, 0.1) is 5.82 Å². The number of aromatic nitrogens is 2. The molecule has 0 fully saturated rings. The van der Waals surface area contributed by atoms with Crippen molar-refractivity contribution in [2.24, 2.45) is 10.8 Å². The third-order valence-corrected chi connectivity index (χ3v) is 4.31. The predicted octanol–water partition coefficient (Wildman–Crippen LogP) is 1.80. The molecule has 8 nitrogen and oxygen atoms in total. The maximum absolute atomic E-state index is 14.3. The van der Waals surface area contributed by atoms with Crippen molar-refractivity contribution in [2.75, 3.05) is 12.3 Å². The normalized spacial score (nSPS) is 17.8. The van der Waals surface area contributed by atoms with Crippen LogP contribution in [0.2, 0.25) is 0 Å². The summed E-state index contributed by atoms with van der Waals surface area (Å²) in [6, 6.07) is 9.72. The molecular formula is C18H16FN6O2+. The number of nitrogens with two attached hydrogens (primary N) is 2. The number of hydrogen-bond acceptors (Lipinski definition) is 6. The minimum atomic E-state index is -0.604. The van der Waals surface area contributed by atoms with E-state index < -0.39 is 11.7 Å². The van der Waals surface area contributed by atoms with Gasteiger partial charge in [0, 0.05) is 5.56 Å². The molecule has 4 rings (SSSR count). The number of furan rings is 1. The molecule has 0 bridgehead atoms. The smallest absolute Gasteiger partial charge is 0.275 e. The number of benzene rings is 1. The monoisotopic (exact) mass is 367 g/mol. The van der Waals surface area contributed by atoms with E-state index >= 15 is 0 Å². The van der Waals surface area contributed by atoms with Crippen molar-refractivity contribution in [1.29, 1.82) is 0 Å². The number of amides is 1. The van der Waals surface area contributed by atoms with E-state index in [0.29, 0.717) is 28.4 Å². The molecule has 0 saturated heterocycles. The van der Waals surface area contributed by atoms with Crippen molar-refractivity contribution in [3.63, 3.8) is 0 Å². The van der Waals surface area contributed by atoms with E-state index in [0.717, 1.165) is 0 Å². The number of hydrogen-bond donors (Lipinski definition) is 2. The van der Waals surface area contributed by atoms with Gasteiger partial charge in [-0.05, 0) is 18.2 Å². The third-order valence-electron chi connectivity index (χ3n) is 4.31. The van der Waals surface area contributed by atoms with Gasteiger partial charge in [-0.2, -0.15) is 4.98 Å². The Balaban J connectivity index is 1.88. The number of nitrogens with zero attached hydrogens (tertiary/aromatic N) is 4. The molecule has 0 radical (unpaired) electrons. The van der Waals surface area contributed by atoms with Crippen LogP contribution in [0.15, 0.2) is 52.2 Å². The summed E-state index contributed by atoms with van der Waals surface area (Å²) < 4.78 is 19.4. The molecule has 1 atom stereocenters. The maximum atomic E-state index is 14.3. The molecular weight excluding hydrogens is 351 g/mol. The molecule has 0 aliphatic carbocycles. The molecule has 2 aromatic heterocycles. The first-order chi connectivity index (χ1) is 13.0. The van der Waals surface area contributed by atoms with Gasteiger partial charge in [-0.3, -0.25) is 4.79 Å². The van der Waals surface area contributed by atoms with Crippen molar-refractivity contribution in [3.8, 4) is 11.5 Å². The van der Waals surface area contributed by atoms with E-state index in [1.807, 2.05) is 0 Å². The first-order valence-electron chi connectivity index (χ1n) is 8.15. The summed E-state index contributed by atoms with van der Waals surface area (Å²) in [5, 5.41) is 4.47. The van der Waals surface area contributed by atoms with Gasteiger partial charge in [-0.15, -0.1) is 4.59 Å². The number of rotatable bonds is 5. The second kappa shape index (κ2) is 6.29. The van der Waals surface area contributed by atoms with Crippen LogP contribution in [-0.2, 0) is 11.3 Å². The first-order valence-corrected chi connectivity index (χ1v) is 8.15. The molecule has 0 saturated carbocycles. The Bertz CT molecular complexity index is 1050. The van der Waals surface area contributed by atoms with Crippen LogP contribution in [-0.4, -0.2) is 28.6 Å². The Morgan fingerprint density at radius 3 is 2.70 bits per heavy atom. The van der Waals surface area contributed by atoms with Crippen LogP contribution in [0.3, 0.4) is 0 Å². The maximum Gasteiger partial charge on any atom is 0.275 e. The van der Waals surface area contributed by atoms with Crippen LogP contribution in [0.5, 0.6) is 0 Å². The van der Waals surface area contributed by atoms with Crippen molar-refractivity contribution in [3.05, 3.63) is 59.6 Å². The summed E-state index contributed by atoms with van der Waals surface area (Å²) in [4.78, 5) is 20.3. The quantitative estimate of drug-likeness (QED) is 0.666. The third kappa shape index (κ3) is 2.93. The molecule has 0 spiro atoms. The van der Waals surface area contributed by atoms with Gasteiger partial charge in [0.05, 0.1) is 6.26 Å². The van der Waals surface area contributed by atoms with Gasteiger partial charge in [0.25, 0.3) is 11.7 Å².